The van der Waals surface area contributed by atoms with Crippen LogP contribution in [0.15, 0.2) is 46.1 Å². The summed E-state index contributed by atoms with van der Waals surface area (Å²) in [5, 5.41) is 2.81. The number of nitrogens with one attached hydrogen (secondary N) is 2. The number of nitrogens with zero attached hydrogens (tertiary/aromatic N) is 2. The van der Waals surface area contributed by atoms with Crippen molar-refractivity contribution in [2.75, 3.05) is 19.6 Å². The minimum Gasteiger partial charge on any atom is -0.353 e. The maximum atomic E-state index is 11.9. The average molecular weight is 328 g/mol. The fourth-order valence-electron chi connectivity index (χ4n) is 2.88. The van der Waals surface area contributed by atoms with Gasteiger partial charge in [0.2, 0.25) is 5.91 Å². The van der Waals surface area contributed by atoms with Crippen molar-refractivity contribution in [1.29, 1.82) is 0 Å². The van der Waals surface area contributed by atoms with E-state index in [1.165, 1.54) is 28.0 Å². The van der Waals surface area contributed by atoms with Gasteiger partial charge in [-0.05, 0) is 17.5 Å². The number of fused-ring (bicyclic) bond motifs is 1. The highest BCUT2D eigenvalue weighted by atomic mass is 16.2. The van der Waals surface area contributed by atoms with Gasteiger partial charge < -0.3 is 5.32 Å². The minimum absolute atomic E-state index is 0.0988. The number of H-pyrrole nitrogens is 1. The SMILES string of the molecule is O=C(Cn1ccc(=O)[nH]c1=O)NCCN1CCc2ccccc2C1. The Hall–Kier alpha value is -2.67. The highest BCUT2D eigenvalue weighted by Crippen LogP contribution is 2.17. The number of benzene rings is 1. The van der Waals surface area contributed by atoms with Crippen molar-refractivity contribution in [2.24, 2.45) is 0 Å². The standard InChI is InChI=1S/C17H20N4O3/c22-15-6-9-21(17(24)19-15)12-16(23)18-7-10-20-8-5-13-3-1-2-4-14(13)11-20/h1-4,6,9H,5,7-8,10-12H2,(H,18,23)(H,19,22,24). The Balaban J connectivity index is 1.46. The Morgan fingerprint density at radius 3 is 2.75 bits per heavy atom. The molecule has 0 spiro atoms. The zero-order valence-electron chi connectivity index (χ0n) is 13.3. The van der Waals surface area contributed by atoms with Crippen LogP contribution >= 0.6 is 0 Å². The van der Waals surface area contributed by atoms with Crippen LogP contribution in [-0.4, -0.2) is 40.0 Å². The molecule has 0 aliphatic carbocycles. The molecule has 0 saturated carbocycles. The predicted octanol–water partition coefficient (Wildman–Crippen LogP) is -0.289. The zero-order chi connectivity index (χ0) is 16.9. The third-order valence-electron chi connectivity index (χ3n) is 4.17. The molecule has 0 atom stereocenters. The van der Waals surface area contributed by atoms with Gasteiger partial charge in [-0.2, -0.15) is 0 Å². The molecule has 1 amide bonds. The van der Waals surface area contributed by atoms with E-state index in [9.17, 15) is 14.4 Å². The van der Waals surface area contributed by atoms with E-state index >= 15 is 0 Å². The summed E-state index contributed by atoms with van der Waals surface area (Å²) >= 11 is 0. The van der Waals surface area contributed by atoms with E-state index in [-0.39, 0.29) is 12.5 Å². The van der Waals surface area contributed by atoms with Gasteiger partial charge in [0, 0.05) is 38.4 Å². The Morgan fingerprint density at radius 1 is 1.17 bits per heavy atom. The van der Waals surface area contributed by atoms with E-state index in [4.69, 9.17) is 0 Å². The molecule has 0 unspecified atom stereocenters. The number of amides is 1. The summed E-state index contributed by atoms with van der Waals surface area (Å²) in [4.78, 5) is 38.9. The van der Waals surface area contributed by atoms with Gasteiger partial charge in [0.05, 0.1) is 0 Å². The average Bonchev–Trinajstić information content (AvgIpc) is 2.57. The first-order valence-electron chi connectivity index (χ1n) is 7.97. The lowest BCUT2D eigenvalue weighted by Crippen LogP contribution is -2.40. The molecule has 0 bridgehead atoms. The van der Waals surface area contributed by atoms with Crippen LogP contribution in [0.1, 0.15) is 11.1 Å². The third-order valence-corrected chi connectivity index (χ3v) is 4.17. The van der Waals surface area contributed by atoms with Crippen LogP contribution in [0.25, 0.3) is 0 Å². The van der Waals surface area contributed by atoms with Crippen molar-refractivity contribution in [1.82, 2.24) is 19.8 Å². The normalized spacial score (nSPS) is 14.2. The maximum absolute atomic E-state index is 11.9. The molecule has 1 aromatic heterocycles. The number of aromatic nitrogens is 2. The molecule has 7 nitrogen and oxygen atoms in total. The second-order valence-corrected chi connectivity index (χ2v) is 5.88. The Bertz CT molecular complexity index is 840. The zero-order valence-corrected chi connectivity index (χ0v) is 13.3. The van der Waals surface area contributed by atoms with E-state index in [0.717, 1.165) is 26.1 Å². The van der Waals surface area contributed by atoms with Gasteiger partial charge >= 0.3 is 5.69 Å². The largest absolute Gasteiger partial charge is 0.353 e. The van der Waals surface area contributed by atoms with Crippen molar-refractivity contribution >= 4 is 5.91 Å². The molecule has 0 fully saturated rings. The van der Waals surface area contributed by atoms with Crippen molar-refractivity contribution in [3.63, 3.8) is 0 Å². The molecule has 1 aliphatic rings. The quantitative estimate of drug-likeness (QED) is 0.790. The summed E-state index contributed by atoms with van der Waals surface area (Å²) in [7, 11) is 0. The monoisotopic (exact) mass is 328 g/mol. The summed E-state index contributed by atoms with van der Waals surface area (Å²) < 4.78 is 1.17. The topological polar surface area (TPSA) is 87.2 Å². The van der Waals surface area contributed by atoms with Crippen molar-refractivity contribution < 1.29 is 4.79 Å². The van der Waals surface area contributed by atoms with Gasteiger partial charge in [-0.3, -0.25) is 24.0 Å². The second kappa shape index (κ2) is 7.27. The summed E-state index contributed by atoms with van der Waals surface area (Å²) in [5.74, 6) is -0.249. The van der Waals surface area contributed by atoms with Crippen LogP contribution in [-0.2, 0) is 24.3 Å². The van der Waals surface area contributed by atoms with Gasteiger partial charge in [0.1, 0.15) is 6.54 Å². The van der Waals surface area contributed by atoms with Crippen LogP contribution in [0.5, 0.6) is 0 Å². The van der Waals surface area contributed by atoms with Gasteiger partial charge in [0.15, 0.2) is 0 Å². The highest BCUT2D eigenvalue weighted by molar-refractivity contribution is 5.75. The summed E-state index contributed by atoms with van der Waals surface area (Å²) in [5.41, 5.74) is 1.69. The molecule has 3 rings (SSSR count). The Labute approximate surface area is 138 Å². The van der Waals surface area contributed by atoms with E-state index in [1.54, 1.807) is 0 Å². The fourth-order valence-corrected chi connectivity index (χ4v) is 2.88. The Kier molecular flexibility index (Phi) is 4.90. The molecule has 7 heteroatoms. The van der Waals surface area contributed by atoms with Crippen molar-refractivity contribution in [3.8, 4) is 0 Å². The lowest BCUT2D eigenvalue weighted by Gasteiger charge is -2.28. The molecule has 0 saturated heterocycles. The van der Waals surface area contributed by atoms with Crippen LogP contribution in [0.4, 0.5) is 0 Å². The molecule has 2 heterocycles. The third kappa shape index (κ3) is 3.99. The molecular formula is C17H20N4O3. The number of hydrogen-bond acceptors (Lipinski definition) is 4. The van der Waals surface area contributed by atoms with Gasteiger partial charge in [0.25, 0.3) is 5.56 Å². The molecular weight excluding hydrogens is 308 g/mol. The first-order valence-corrected chi connectivity index (χ1v) is 7.97. The number of carbonyl (C=O) groups is 1. The van der Waals surface area contributed by atoms with Crippen LogP contribution in [0, 0.1) is 0 Å². The van der Waals surface area contributed by atoms with Gasteiger partial charge in [-0.15, -0.1) is 0 Å². The van der Waals surface area contributed by atoms with E-state index in [2.05, 4.69) is 33.4 Å². The van der Waals surface area contributed by atoms with E-state index in [0.29, 0.717) is 6.54 Å². The lowest BCUT2D eigenvalue weighted by molar-refractivity contribution is -0.121. The summed E-state index contributed by atoms with van der Waals surface area (Å²) in [6.45, 7) is 3.07. The molecule has 2 N–H and O–H groups in total. The number of aromatic amines is 1. The highest BCUT2D eigenvalue weighted by Gasteiger charge is 2.15. The van der Waals surface area contributed by atoms with Crippen molar-refractivity contribution in [2.45, 2.75) is 19.5 Å². The van der Waals surface area contributed by atoms with E-state index < -0.39 is 11.2 Å². The smallest absolute Gasteiger partial charge is 0.328 e. The number of rotatable bonds is 5. The number of carbonyl (C=O) groups excluding carboxylic acids is 1. The van der Waals surface area contributed by atoms with E-state index in [1.807, 2.05) is 6.07 Å². The summed E-state index contributed by atoms with van der Waals surface area (Å²) in [6, 6.07) is 9.64. The molecule has 1 aromatic carbocycles. The number of hydrogen-bond donors (Lipinski definition) is 2. The molecule has 2 aromatic rings. The van der Waals surface area contributed by atoms with Crippen LogP contribution < -0.4 is 16.6 Å². The van der Waals surface area contributed by atoms with Crippen LogP contribution in [0.2, 0.25) is 0 Å². The maximum Gasteiger partial charge on any atom is 0.328 e. The van der Waals surface area contributed by atoms with Crippen molar-refractivity contribution in [3.05, 3.63) is 68.5 Å². The summed E-state index contributed by atoms with van der Waals surface area (Å²) in [6.07, 6.45) is 2.35. The lowest BCUT2D eigenvalue weighted by atomic mass is 10.00. The molecule has 0 radical (unpaired) electrons. The molecule has 1 aliphatic heterocycles. The molecule has 24 heavy (non-hydrogen) atoms. The minimum atomic E-state index is -0.578. The van der Waals surface area contributed by atoms with Gasteiger partial charge in [-0.25, -0.2) is 4.79 Å². The van der Waals surface area contributed by atoms with Crippen LogP contribution in [0.3, 0.4) is 0 Å². The first kappa shape index (κ1) is 16.2. The first-order chi connectivity index (χ1) is 11.6. The predicted molar refractivity (Wildman–Crippen MR) is 89.8 cm³/mol. The molecule has 126 valence electrons. The Morgan fingerprint density at radius 2 is 1.96 bits per heavy atom. The second-order valence-electron chi connectivity index (χ2n) is 5.88. The fraction of sp³-hybridized carbons (Fsp3) is 0.353. The van der Waals surface area contributed by atoms with Gasteiger partial charge in [-0.1, -0.05) is 24.3 Å².